The van der Waals surface area contributed by atoms with Crippen molar-refractivity contribution in [2.45, 2.75) is 0 Å². The van der Waals surface area contributed by atoms with E-state index in [0.29, 0.717) is 5.69 Å². The molecular formula is C12H16N4O. The molecule has 1 fully saturated rings. The highest BCUT2D eigenvalue weighted by Crippen LogP contribution is 2.28. The summed E-state index contributed by atoms with van der Waals surface area (Å²) in [6, 6.07) is 5.69. The number of rotatable bonds is 1. The first-order chi connectivity index (χ1) is 8.24. The van der Waals surface area contributed by atoms with Crippen LogP contribution in [0.25, 0.3) is 11.0 Å². The second-order valence-corrected chi connectivity index (χ2v) is 4.55. The fourth-order valence-electron chi connectivity index (χ4n) is 2.19. The molecule has 1 aliphatic rings. The molecule has 17 heavy (non-hydrogen) atoms. The molecule has 5 heteroatoms. The average Bonchev–Trinajstić information content (AvgIpc) is 2.73. The molecule has 2 heterocycles. The van der Waals surface area contributed by atoms with Crippen LogP contribution in [0.5, 0.6) is 0 Å². The maximum atomic E-state index is 5.72. The van der Waals surface area contributed by atoms with Gasteiger partial charge in [-0.1, -0.05) is 5.16 Å². The van der Waals surface area contributed by atoms with Gasteiger partial charge in [0.2, 0.25) is 0 Å². The standard InChI is InChI=1S/C12H16N4O/c1-15-4-6-16(7-5-15)12-10-3-2-9(13)8-11(10)17-14-12/h2-3,8H,4-7,13H2,1H3. The van der Waals surface area contributed by atoms with Crippen LogP contribution < -0.4 is 10.6 Å². The van der Waals surface area contributed by atoms with Crippen molar-refractivity contribution >= 4 is 22.5 Å². The molecule has 5 nitrogen and oxygen atoms in total. The quantitative estimate of drug-likeness (QED) is 0.748. The second kappa shape index (κ2) is 3.92. The number of nitrogens with two attached hydrogens (primary N) is 1. The third-order valence-electron chi connectivity index (χ3n) is 3.28. The fraction of sp³-hybridized carbons (Fsp3) is 0.417. The zero-order valence-electron chi connectivity index (χ0n) is 9.89. The molecule has 2 aromatic rings. The van der Waals surface area contributed by atoms with Gasteiger partial charge in [-0.2, -0.15) is 0 Å². The summed E-state index contributed by atoms with van der Waals surface area (Å²) in [5.74, 6) is 0.938. The number of nitrogens with zero attached hydrogens (tertiary/aromatic N) is 3. The molecule has 1 aromatic heterocycles. The van der Waals surface area contributed by atoms with Crippen molar-refractivity contribution in [3.63, 3.8) is 0 Å². The van der Waals surface area contributed by atoms with Crippen LogP contribution in [0.3, 0.4) is 0 Å². The molecule has 0 aliphatic carbocycles. The van der Waals surface area contributed by atoms with Crippen molar-refractivity contribution in [3.8, 4) is 0 Å². The van der Waals surface area contributed by atoms with E-state index in [4.69, 9.17) is 10.3 Å². The number of nitrogen functional groups attached to an aromatic ring is 1. The number of aromatic nitrogens is 1. The van der Waals surface area contributed by atoms with Gasteiger partial charge >= 0.3 is 0 Å². The van der Waals surface area contributed by atoms with Crippen LogP contribution in [0.2, 0.25) is 0 Å². The van der Waals surface area contributed by atoms with Crippen molar-refractivity contribution in [1.29, 1.82) is 0 Å². The van der Waals surface area contributed by atoms with Crippen molar-refractivity contribution < 1.29 is 4.52 Å². The van der Waals surface area contributed by atoms with Crippen molar-refractivity contribution in [3.05, 3.63) is 18.2 Å². The Labute approximate surface area is 99.8 Å². The first-order valence-corrected chi connectivity index (χ1v) is 5.82. The van der Waals surface area contributed by atoms with E-state index >= 15 is 0 Å². The minimum Gasteiger partial charge on any atom is -0.399 e. The van der Waals surface area contributed by atoms with Gasteiger partial charge in [-0.15, -0.1) is 0 Å². The summed E-state index contributed by atoms with van der Waals surface area (Å²) < 4.78 is 5.32. The minimum absolute atomic E-state index is 0.707. The number of fused-ring (bicyclic) bond motifs is 1. The molecule has 2 N–H and O–H groups in total. The summed E-state index contributed by atoms with van der Waals surface area (Å²) in [7, 11) is 2.14. The predicted octanol–water partition coefficient (Wildman–Crippen LogP) is 1.16. The summed E-state index contributed by atoms with van der Waals surface area (Å²) in [5.41, 5.74) is 7.19. The summed E-state index contributed by atoms with van der Waals surface area (Å²) in [6.07, 6.45) is 0. The van der Waals surface area contributed by atoms with E-state index in [2.05, 4.69) is 22.0 Å². The molecular weight excluding hydrogens is 216 g/mol. The largest absolute Gasteiger partial charge is 0.399 e. The molecule has 1 saturated heterocycles. The molecule has 0 amide bonds. The lowest BCUT2D eigenvalue weighted by Crippen LogP contribution is -2.44. The molecule has 3 rings (SSSR count). The number of benzene rings is 1. The Morgan fingerprint density at radius 2 is 2.00 bits per heavy atom. The lowest BCUT2D eigenvalue weighted by molar-refractivity contribution is 0.310. The van der Waals surface area contributed by atoms with Gasteiger partial charge in [-0.05, 0) is 19.2 Å². The van der Waals surface area contributed by atoms with Crippen molar-refractivity contribution in [2.75, 3.05) is 43.9 Å². The number of hydrogen-bond acceptors (Lipinski definition) is 5. The van der Waals surface area contributed by atoms with Crippen LogP contribution in [-0.4, -0.2) is 43.3 Å². The zero-order chi connectivity index (χ0) is 11.8. The Bertz CT molecular complexity index is 528. The zero-order valence-corrected chi connectivity index (χ0v) is 9.89. The second-order valence-electron chi connectivity index (χ2n) is 4.55. The third kappa shape index (κ3) is 1.82. The topological polar surface area (TPSA) is 58.5 Å². The molecule has 0 radical (unpaired) electrons. The first kappa shape index (κ1) is 10.4. The van der Waals surface area contributed by atoms with Crippen LogP contribution in [0.1, 0.15) is 0 Å². The third-order valence-corrected chi connectivity index (χ3v) is 3.28. The molecule has 0 atom stereocenters. The highest BCUT2D eigenvalue weighted by atomic mass is 16.5. The van der Waals surface area contributed by atoms with Crippen molar-refractivity contribution in [1.82, 2.24) is 10.1 Å². The van der Waals surface area contributed by atoms with E-state index in [9.17, 15) is 0 Å². The molecule has 90 valence electrons. The number of piperazine rings is 1. The fourth-order valence-corrected chi connectivity index (χ4v) is 2.19. The van der Waals surface area contributed by atoms with E-state index in [0.717, 1.165) is 43.0 Å². The monoisotopic (exact) mass is 232 g/mol. The predicted molar refractivity (Wildman–Crippen MR) is 68.1 cm³/mol. The molecule has 0 saturated carbocycles. The van der Waals surface area contributed by atoms with Gasteiger partial charge in [-0.3, -0.25) is 0 Å². The molecule has 1 aliphatic heterocycles. The lowest BCUT2D eigenvalue weighted by Gasteiger charge is -2.32. The van der Waals surface area contributed by atoms with Gasteiger partial charge in [0.05, 0.1) is 5.39 Å². The maximum Gasteiger partial charge on any atom is 0.180 e. The highest BCUT2D eigenvalue weighted by molar-refractivity contribution is 5.90. The Balaban J connectivity index is 1.95. The van der Waals surface area contributed by atoms with Gasteiger partial charge in [0.15, 0.2) is 11.4 Å². The summed E-state index contributed by atoms with van der Waals surface area (Å²) >= 11 is 0. The van der Waals surface area contributed by atoms with E-state index in [1.807, 2.05) is 18.2 Å². The Kier molecular flexibility index (Phi) is 2.40. The molecule has 0 bridgehead atoms. The van der Waals surface area contributed by atoms with Crippen LogP contribution in [0.4, 0.5) is 11.5 Å². The molecule has 1 aromatic carbocycles. The van der Waals surface area contributed by atoms with Crippen LogP contribution in [0.15, 0.2) is 22.7 Å². The van der Waals surface area contributed by atoms with E-state index < -0.39 is 0 Å². The van der Waals surface area contributed by atoms with E-state index in [-0.39, 0.29) is 0 Å². The van der Waals surface area contributed by atoms with Gasteiger partial charge in [0, 0.05) is 37.9 Å². The number of anilines is 2. The SMILES string of the molecule is CN1CCN(c2noc3cc(N)ccc23)CC1. The summed E-state index contributed by atoms with van der Waals surface area (Å²) in [6.45, 7) is 4.09. The molecule has 0 unspecified atom stereocenters. The van der Waals surface area contributed by atoms with Gasteiger partial charge in [0.1, 0.15) is 0 Å². The van der Waals surface area contributed by atoms with Crippen LogP contribution in [-0.2, 0) is 0 Å². The summed E-state index contributed by atoms with van der Waals surface area (Å²) in [4.78, 5) is 4.58. The van der Waals surface area contributed by atoms with Crippen LogP contribution in [0, 0.1) is 0 Å². The Hall–Kier alpha value is -1.75. The van der Waals surface area contributed by atoms with Gasteiger partial charge < -0.3 is 20.1 Å². The number of likely N-dealkylation sites (N-methyl/N-ethyl adjacent to an activating group) is 1. The average molecular weight is 232 g/mol. The highest BCUT2D eigenvalue weighted by Gasteiger charge is 2.19. The smallest absolute Gasteiger partial charge is 0.180 e. The van der Waals surface area contributed by atoms with E-state index in [1.54, 1.807) is 0 Å². The molecule has 0 spiro atoms. The first-order valence-electron chi connectivity index (χ1n) is 5.82. The van der Waals surface area contributed by atoms with E-state index in [1.165, 1.54) is 0 Å². The maximum absolute atomic E-state index is 5.72. The normalized spacial score (nSPS) is 17.8. The van der Waals surface area contributed by atoms with Gasteiger partial charge in [0.25, 0.3) is 0 Å². The summed E-state index contributed by atoms with van der Waals surface area (Å²) in [5, 5.41) is 5.21. The minimum atomic E-state index is 0.707. The van der Waals surface area contributed by atoms with Crippen LogP contribution >= 0.6 is 0 Å². The Morgan fingerprint density at radius 3 is 2.76 bits per heavy atom. The lowest BCUT2D eigenvalue weighted by atomic mass is 10.2. The Morgan fingerprint density at radius 1 is 1.24 bits per heavy atom. The number of hydrogen-bond donors (Lipinski definition) is 1. The van der Waals surface area contributed by atoms with Crippen molar-refractivity contribution in [2.24, 2.45) is 0 Å². The van der Waals surface area contributed by atoms with Gasteiger partial charge in [-0.25, -0.2) is 0 Å².